The number of hydrogen-bond donors (Lipinski definition) is 5. The van der Waals surface area contributed by atoms with Crippen LogP contribution in [0.2, 0.25) is 0 Å². The lowest BCUT2D eigenvalue weighted by Crippen LogP contribution is -2.35. The highest BCUT2D eigenvalue weighted by Gasteiger charge is 2.43. The van der Waals surface area contributed by atoms with Gasteiger partial charge in [-0.25, -0.2) is 4.98 Å². The van der Waals surface area contributed by atoms with E-state index in [1.165, 1.54) is 10.9 Å². The molecule has 4 atom stereocenters. The van der Waals surface area contributed by atoms with Crippen LogP contribution in [0.15, 0.2) is 11.1 Å². The number of aliphatic hydroxyl groups excluding tert-OH is 2. The van der Waals surface area contributed by atoms with E-state index < -0.39 is 30.1 Å². The fourth-order valence-electron chi connectivity index (χ4n) is 2.28. The Labute approximate surface area is 112 Å². The van der Waals surface area contributed by atoms with E-state index in [-0.39, 0.29) is 23.7 Å². The van der Waals surface area contributed by atoms with Gasteiger partial charge in [0.15, 0.2) is 17.4 Å². The fourth-order valence-corrected chi connectivity index (χ4v) is 2.28. The van der Waals surface area contributed by atoms with Crippen molar-refractivity contribution in [3.05, 3.63) is 16.7 Å². The minimum atomic E-state index is -1.21. The van der Waals surface area contributed by atoms with Crippen molar-refractivity contribution in [3.63, 3.8) is 0 Å². The van der Waals surface area contributed by atoms with Crippen LogP contribution in [-0.4, -0.2) is 54.6 Å². The molecule has 1 aliphatic rings. The number of imidazole rings is 1. The Bertz CT molecular complexity index is 697. The van der Waals surface area contributed by atoms with E-state index in [1.54, 1.807) is 0 Å². The lowest BCUT2D eigenvalue weighted by molar-refractivity contribution is -0.0321. The minimum absolute atomic E-state index is 0.0531. The molecule has 0 unspecified atom stereocenters. The van der Waals surface area contributed by atoms with Gasteiger partial charge in [0.25, 0.3) is 5.56 Å². The van der Waals surface area contributed by atoms with E-state index in [2.05, 4.69) is 15.0 Å². The Morgan fingerprint density at radius 3 is 2.85 bits per heavy atom. The van der Waals surface area contributed by atoms with Crippen LogP contribution < -0.4 is 17.0 Å². The van der Waals surface area contributed by atoms with Crippen LogP contribution in [-0.2, 0) is 4.74 Å². The second kappa shape index (κ2) is 4.52. The summed E-state index contributed by atoms with van der Waals surface area (Å²) < 4.78 is 6.82. The van der Waals surface area contributed by atoms with Crippen LogP contribution in [0.25, 0.3) is 11.2 Å². The average molecular weight is 282 g/mol. The highest BCUT2D eigenvalue weighted by molar-refractivity contribution is 5.70. The molecule has 108 valence electrons. The summed E-state index contributed by atoms with van der Waals surface area (Å²) in [4.78, 5) is 21.9. The molecule has 20 heavy (non-hydrogen) atoms. The normalized spacial score (nSPS) is 30.1. The van der Waals surface area contributed by atoms with Crippen molar-refractivity contribution in [2.75, 3.05) is 12.3 Å². The molecule has 0 bridgehead atoms. The summed E-state index contributed by atoms with van der Waals surface area (Å²) in [5.41, 5.74) is 10.7. The molecule has 1 saturated heterocycles. The van der Waals surface area contributed by atoms with E-state index in [9.17, 15) is 15.0 Å². The first-order valence-corrected chi connectivity index (χ1v) is 5.97. The van der Waals surface area contributed by atoms with Crippen molar-refractivity contribution in [3.8, 4) is 0 Å². The number of nitrogen functional groups attached to an aromatic ring is 1. The number of anilines is 1. The Kier molecular flexibility index (Phi) is 2.94. The number of nitrogens with zero attached hydrogens (tertiary/aromatic N) is 3. The number of nitrogens with one attached hydrogen (secondary N) is 1. The van der Waals surface area contributed by atoms with E-state index in [4.69, 9.17) is 16.2 Å². The number of aromatic nitrogens is 4. The minimum Gasteiger partial charge on any atom is -0.387 e. The molecule has 10 heteroatoms. The Morgan fingerprint density at radius 1 is 1.45 bits per heavy atom. The number of ether oxygens (including phenoxy) is 1. The fraction of sp³-hybridized carbons (Fsp3) is 0.500. The van der Waals surface area contributed by atoms with Crippen LogP contribution in [0.3, 0.4) is 0 Å². The first-order valence-electron chi connectivity index (χ1n) is 5.97. The van der Waals surface area contributed by atoms with E-state index in [0.29, 0.717) is 0 Å². The van der Waals surface area contributed by atoms with Gasteiger partial charge in [-0.1, -0.05) is 0 Å². The SMILES string of the molecule is NC[C@@H]1O[C@@H](n2cnc3c(=O)[nH]c(N)nc32)[C@H](O)[C@@H]1O. The van der Waals surface area contributed by atoms with Gasteiger partial charge in [-0.2, -0.15) is 4.98 Å². The molecule has 3 heterocycles. The van der Waals surface area contributed by atoms with Crippen molar-refractivity contribution in [1.82, 2.24) is 19.5 Å². The number of H-pyrrole nitrogens is 1. The summed E-state index contributed by atoms with van der Waals surface area (Å²) in [7, 11) is 0. The molecular formula is C10H14N6O4. The maximum atomic E-state index is 11.7. The average Bonchev–Trinajstić information content (AvgIpc) is 2.93. The molecule has 2 aromatic rings. The maximum absolute atomic E-state index is 11.7. The van der Waals surface area contributed by atoms with Gasteiger partial charge in [0.05, 0.1) is 6.33 Å². The molecule has 0 aliphatic carbocycles. The maximum Gasteiger partial charge on any atom is 0.280 e. The third-order valence-corrected chi connectivity index (χ3v) is 3.29. The molecule has 1 fully saturated rings. The zero-order chi connectivity index (χ0) is 14.4. The molecule has 0 amide bonds. The third-order valence-electron chi connectivity index (χ3n) is 3.29. The number of nitrogens with two attached hydrogens (primary N) is 2. The van der Waals surface area contributed by atoms with Crippen LogP contribution in [0.5, 0.6) is 0 Å². The first kappa shape index (κ1) is 13.0. The number of rotatable bonds is 2. The molecule has 3 rings (SSSR count). The second-order valence-corrected chi connectivity index (χ2v) is 4.56. The van der Waals surface area contributed by atoms with E-state index in [0.717, 1.165) is 0 Å². The van der Waals surface area contributed by atoms with Gasteiger partial charge in [0.1, 0.15) is 18.3 Å². The number of aromatic amines is 1. The number of hydrogen-bond acceptors (Lipinski definition) is 8. The lowest BCUT2D eigenvalue weighted by atomic mass is 10.1. The standard InChI is InChI=1S/C10H14N6O4/c11-1-3-5(17)6(18)9(20-3)16-2-13-4-7(16)14-10(12)15-8(4)19/h2-3,5-6,9,17-18H,1,11H2,(H3,12,14,15,19)/t3-,5+,6+,9+/m0/s1. The zero-order valence-electron chi connectivity index (χ0n) is 10.3. The van der Waals surface area contributed by atoms with Gasteiger partial charge in [-0.15, -0.1) is 0 Å². The molecule has 7 N–H and O–H groups in total. The summed E-state index contributed by atoms with van der Waals surface area (Å²) in [6.45, 7) is 0.0531. The van der Waals surface area contributed by atoms with Gasteiger partial charge in [-0.3, -0.25) is 14.3 Å². The van der Waals surface area contributed by atoms with Crippen molar-refractivity contribution in [2.45, 2.75) is 24.5 Å². The summed E-state index contributed by atoms with van der Waals surface area (Å²) in [5.74, 6) is -0.0762. The molecule has 0 spiro atoms. The number of fused-ring (bicyclic) bond motifs is 1. The summed E-state index contributed by atoms with van der Waals surface area (Å²) >= 11 is 0. The summed E-state index contributed by atoms with van der Waals surface area (Å²) in [6.07, 6.45) is -2.67. The smallest absolute Gasteiger partial charge is 0.280 e. The van der Waals surface area contributed by atoms with Gasteiger partial charge in [-0.05, 0) is 0 Å². The molecule has 0 aromatic carbocycles. The molecule has 0 saturated carbocycles. The predicted octanol–water partition coefficient (Wildman–Crippen LogP) is -2.72. The van der Waals surface area contributed by atoms with Crippen LogP contribution in [0.1, 0.15) is 6.23 Å². The van der Waals surface area contributed by atoms with E-state index in [1.807, 2.05) is 0 Å². The highest BCUT2D eigenvalue weighted by atomic mass is 16.6. The lowest BCUT2D eigenvalue weighted by Gasteiger charge is -2.16. The van der Waals surface area contributed by atoms with Crippen LogP contribution in [0, 0.1) is 0 Å². The predicted molar refractivity (Wildman–Crippen MR) is 67.5 cm³/mol. The highest BCUT2D eigenvalue weighted by Crippen LogP contribution is 2.30. The summed E-state index contributed by atoms with van der Waals surface area (Å²) in [6, 6.07) is 0. The Hall–Kier alpha value is -2.01. The molecule has 2 aromatic heterocycles. The Morgan fingerprint density at radius 2 is 2.20 bits per heavy atom. The van der Waals surface area contributed by atoms with Gasteiger partial charge < -0.3 is 26.4 Å². The third kappa shape index (κ3) is 1.78. The van der Waals surface area contributed by atoms with Crippen molar-refractivity contribution < 1.29 is 14.9 Å². The Balaban J connectivity index is 2.09. The second-order valence-electron chi connectivity index (χ2n) is 4.56. The van der Waals surface area contributed by atoms with Gasteiger partial charge in [0, 0.05) is 6.54 Å². The molecular weight excluding hydrogens is 268 g/mol. The van der Waals surface area contributed by atoms with E-state index >= 15 is 0 Å². The van der Waals surface area contributed by atoms with Crippen molar-refractivity contribution in [2.24, 2.45) is 5.73 Å². The molecule has 1 aliphatic heterocycles. The first-order chi connectivity index (χ1) is 9.52. The summed E-state index contributed by atoms with van der Waals surface area (Å²) in [5, 5.41) is 19.8. The van der Waals surface area contributed by atoms with Crippen molar-refractivity contribution >= 4 is 17.1 Å². The quantitative estimate of drug-likeness (QED) is 0.396. The van der Waals surface area contributed by atoms with Crippen LogP contribution >= 0.6 is 0 Å². The monoisotopic (exact) mass is 282 g/mol. The number of aliphatic hydroxyl groups is 2. The van der Waals surface area contributed by atoms with Gasteiger partial charge in [0.2, 0.25) is 5.95 Å². The van der Waals surface area contributed by atoms with Crippen molar-refractivity contribution in [1.29, 1.82) is 0 Å². The topological polar surface area (TPSA) is 165 Å². The van der Waals surface area contributed by atoms with Gasteiger partial charge >= 0.3 is 0 Å². The zero-order valence-corrected chi connectivity index (χ0v) is 10.3. The molecule has 10 nitrogen and oxygen atoms in total. The molecule has 0 radical (unpaired) electrons. The van der Waals surface area contributed by atoms with Crippen LogP contribution in [0.4, 0.5) is 5.95 Å². The largest absolute Gasteiger partial charge is 0.387 e.